The highest BCUT2D eigenvalue weighted by Crippen LogP contribution is 2.11. The Kier molecular flexibility index (Phi) is 7.42. The molecule has 4 nitrogen and oxygen atoms in total. The van der Waals surface area contributed by atoms with Gasteiger partial charge in [-0.1, -0.05) is 6.92 Å². The zero-order valence-corrected chi connectivity index (χ0v) is 10.0. The molecule has 0 aliphatic heterocycles. The van der Waals surface area contributed by atoms with Crippen LogP contribution in [0, 0.1) is 5.92 Å². The van der Waals surface area contributed by atoms with E-state index in [1.165, 1.54) is 0 Å². The van der Waals surface area contributed by atoms with Gasteiger partial charge in [-0.2, -0.15) is 11.8 Å². The van der Waals surface area contributed by atoms with Crippen molar-refractivity contribution in [2.24, 2.45) is 11.7 Å². The van der Waals surface area contributed by atoms with Crippen LogP contribution in [0.2, 0.25) is 0 Å². The summed E-state index contributed by atoms with van der Waals surface area (Å²) in [5.41, 5.74) is 5.62. The highest BCUT2D eigenvalue weighted by atomic mass is 32.2. The maximum atomic E-state index is 11.6. The number of carbonyl (C=O) groups is 2. The molecule has 0 fully saturated rings. The van der Waals surface area contributed by atoms with Gasteiger partial charge in [0.1, 0.15) is 0 Å². The molecule has 3 N–H and O–H groups in total. The van der Waals surface area contributed by atoms with E-state index in [-0.39, 0.29) is 24.5 Å². The van der Waals surface area contributed by atoms with Crippen molar-refractivity contribution >= 4 is 23.5 Å². The first kappa shape index (κ1) is 14.5. The molecule has 5 heteroatoms. The number of ketones is 1. The van der Waals surface area contributed by atoms with Crippen molar-refractivity contribution in [3.8, 4) is 0 Å². The average Bonchev–Trinajstić information content (AvgIpc) is 2.21. The molecule has 0 saturated heterocycles. The lowest BCUT2D eigenvalue weighted by Crippen LogP contribution is -2.35. The summed E-state index contributed by atoms with van der Waals surface area (Å²) in [6, 6.07) is -0.627. The van der Waals surface area contributed by atoms with Crippen molar-refractivity contribution in [2.45, 2.75) is 32.2 Å². The third-order valence-electron chi connectivity index (χ3n) is 2.28. The molecule has 0 aromatic rings. The summed E-state index contributed by atoms with van der Waals surface area (Å²) in [6.07, 6.45) is 2.99. The summed E-state index contributed by atoms with van der Waals surface area (Å²) in [4.78, 5) is 21.9. The number of Topliss-reactive ketones (excluding diaryl/α,β-unsaturated/α-hetero) is 1. The van der Waals surface area contributed by atoms with Crippen molar-refractivity contribution in [2.75, 3.05) is 12.0 Å². The molecule has 88 valence electrons. The fourth-order valence-electron chi connectivity index (χ4n) is 1.22. The van der Waals surface area contributed by atoms with E-state index in [4.69, 9.17) is 10.8 Å². The molecule has 0 amide bonds. The van der Waals surface area contributed by atoms with Gasteiger partial charge in [0.25, 0.3) is 0 Å². The minimum absolute atomic E-state index is 0.0229. The van der Waals surface area contributed by atoms with Crippen molar-refractivity contribution in [3.63, 3.8) is 0 Å². The van der Waals surface area contributed by atoms with Crippen LogP contribution in [0.25, 0.3) is 0 Å². The van der Waals surface area contributed by atoms with Gasteiger partial charge in [-0.3, -0.25) is 9.59 Å². The van der Waals surface area contributed by atoms with Crippen molar-refractivity contribution in [1.29, 1.82) is 0 Å². The molecule has 0 spiro atoms. The fourth-order valence-corrected chi connectivity index (χ4v) is 1.81. The average molecular weight is 233 g/mol. The van der Waals surface area contributed by atoms with E-state index in [0.717, 1.165) is 12.2 Å². The normalized spacial score (nSPS) is 14.6. The van der Waals surface area contributed by atoms with Crippen LogP contribution in [-0.4, -0.2) is 34.9 Å². The van der Waals surface area contributed by atoms with E-state index in [2.05, 4.69) is 0 Å². The maximum absolute atomic E-state index is 11.6. The highest BCUT2D eigenvalue weighted by molar-refractivity contribution is 7.98. The van der Waals surface area contributed by atoms with Crippen LogP contribution in [0.4, 0.5) is 0 Å². The van der Waals surface area contributed by atoms with E-state index in [1.807, 2.05) is 13.2 Å². The SMILES string of the molecule is CSCCC(C)C(=O)C(N)CCC(=O)O. The number of rotatable bonds is 8. The van der Waals surface area contributed by atoms with Gasteiger partial charge >= 0.3 is 5.97 Å². The monoisotopic (exact) mass is 233 g/mol. The topological polar surface area (TPSA) is 80.4 Å². The quantitative estimate of drug-likeness (QED) is 0.657. The smallest absolute Gasteiger partial charge is 0.303 e. The molecule has 2 unspecified atom stereocenters. The van der Waals surface area contributed by atoms with Gasteiger partial charge in [-0.25, -0.2) is 0 Å². The molecule has 0 aliphatic rings. The van der Waals surface area contributed by atoms with Gasteiger partial charge in [0, 0.05) is 12.3 Å². The van der Waals surface area contributed by atoms with E-state index in [1.54, 1.807) is 11.8 Å². The molecule has 0 aromatic carbocycles. The second kappa shape index (κ2) is 7.70. The first-order valence-corrected chi connectivity index (χ1v) is 6.38. The Bertz CT molecular complexity index is 221. The van der Waals surface area contributed by atoms with Crippen molar-refractivity contribution in [3.05, 3.63) is 0 Å². The minimum atomic E-state index is -0.907. The van der Waals surface area contributed by atoms with E-state index in [9.17, 15) is 9.59 Å². The van der Waals surface area contributed by atoms with Crippen LogP contribution in [0.3, 0.4) is 0 Å². The summed E-state index contributed by atoms with van der Waals surface area (Å²) >= 11 is 1.69. The Labute approximate surface area is 94.6 Å². The predicted octanol–water partition coefficient (Wildman–Crippen LogP) is 1.14. The number of nitrogens with two attached hydrogens (primary N) is 1. The van der Waals surface area contributed by atoms with Crippen LogP contribution in [-0.2, 0) is 9.59 Å². The van der Waals surface area contributed by atoms with E-state index >= 15 is 0 Å². The number of carboxylic acids is 1. The third-order valence-corrected chi connectivity index (χ3v) is 2.92. The molecule has 15 heavy (non-hydrogen) atoms. The summed E-state index contributed by atoms with van der Waals surface area (Å²) in [6.45, 7) is 1.85. The Balaban J connectivity index is 3.90. The molecule has 0 saturated carbocycles. The number of carbonyl (C=O) groups excluding carboxylic acids is 1. The largest absolute Gasteiger partial charge is 0.481 e. The molecule has 0 heterocycles. The lowest BCUT2D eigenvalue weighted by molar-refractivity contribution is -0.137. The zero-order valence-electron chi connectivity index (χ0n) is 9.23. The van der Waals surface area contributed by atoms with Gasteiger partial charge in [0.05, 0.1) is 6.04 Å². The van der Waals surface area contributed by atoms with Gasteiger partial charge in [0.2, 0.25) is 0 Å². The Morgan fingerprint density at radius 1 is 1.40 bits per heavy atom. The molecule has 0 rings (SSSR count). The first-order chi connectivity index (χ1) is 6.99. The number of aliphatic carboxylic acids is 1. The summed E-state index contributed by atoms with van der Waals surface area (Å²) in [5, 5.41) is 8.45. The van der Waals surface area contributed by atoms with Crippen LogP contribution < -0.4 is 5.73 Å². The summed E-state index contributed by atoms with van der Waals surface area (Å²) in [5.74, 6) is -0.0694. The van der Waals surface area contributed by atoms with Gasteiger partial charge in [-0.05, 0) is 24.9 Å². The predicted molar refractivity (Wildman–Crippen MR) is 62.0 cm³/mol. The molecule has 0 bridgehead atoms. The maximum Gasteiger partial charge on any atom is 0.303 e. The van der Waals surface area contributed by atoms with Gasteiger partial charge in [0.15, 0.2) is 5.78 Å². The van der Waals surface area contributed by atoms with Crippen molar-refractivity contribution < 1.29 is 14.7 Å². The lowest BCUT2D eigenvalue weighted by atomic mass is 9.95. The second-order valence-corrected chi connectivity index (χ2v) is 4.61. The molecular weight excluding hydrogens is 214 g/mol. The molecule has 0 aliphatic carbocycles. The van der Waals surface area contributed by atoms with Crippen LogP contribution in [0.15, 0.2) is 0 Å². The summed E-state index contributed by atoms with van der Waals surface area (Å²) in [7, 11) is 0. The molecule has 0 radical (unpaired) electrons. The molecule has 0 aromatic heterocycles. The summed E-state index contributed by atoms with van der Waals surface area (Å²) < 4.78 is 0. The second-order valence-electron chi connectivity index (χ2n) is 3.62. The van der Waals surface area contributed by atoms with E-state index in [0.29, 0.717) is 0 Å². The van der Waals surface area contributed by atoms with Gasteiger partial charge in [-0.15, -0.1) is 0 Å². The Morgan fingerprint density at radius 2 is 2.00 bits per heavy atom. The number of thioether (sulfide) groups is 1. The Hall–Kier alpha value is -0.550. The zero-order chi connectivity index (χ0) is 11.8. The standard InChI is InChI=1S/C10H19NO3S/c1-7(5-6-15-2)10(14)8(11)3-4-9(12)13/h7-8H,3-6,11H2,1-2H3,(H,12,13). The lowest BCUT2D eigenvalue weighted by Gasteiger charge is -2.14. The minimum Gasteiger partial charge on any atom is -0.481 e. The van der Waals surface area contributed by atoms with Gasteiger partial charge < -0.3 is 10.8 Å². The highest BCUT2D eigenvalue weighted by Gasteiger charge is 2.20. The number of carboxylic acid groups (broad SMARTS) is 1. The number of hydrogen-bond acceptors (Lipinski definition) is 4. The van der Waals surface area contributed by atoms with Crippen LogP contribution in [0.1, 0.15) is 26.2 Å². The van der Waals surface area contributed by atoms with Crippen LogP contribution in [0.5, 0.6) is 0 Å². The van der Waals surface area contributed by atoms with E-state index < -0.39 is 12.0 Å². The molecular formula is C10H19NO3S. The van der Waals surface area contributed by atoms with Crippen LogP contribution >= 0.6 is 11.8 Å². The Morgan fingerprint density at radius 3 is 2.47 bits per heavy atom. The van der Waals surface area contributed by atoms with Crippen molar-refractivity contribution in [1.82, 2.24) is 0 Å². The first-order valence-electron chi connectivity index (χ1n) is 4.99. The third kappa shape index (κ3) is 6.52. The molecule has 2 atom stereocenters. The fraction of sp³-hybridized carbons (Fsp3) is 0.800. The number of hydrogen-bond donors (Lipinski definition) is 2.